The molecular formula is C22H43N5S. The van der Waals surface area contributed by atoms with Gasteiger partial charge in [0.25, 0.3) is 0 Å². The molecule has 28 heavy (non-hydrogen) atoms. The minimum Gasteiger partial charge on any atom is -0.355 e. The lowest BCUT2D eigenvalue weighted by molar-refractivity contribution is 0.0172. The smallest absolute Gasteiger partial charge is 0.191 e. The first-order chi connectivity index (χ1) is 13.6. The Morgan fingerprint density at radius 1 is 1.07 bits per heavy atom. The number of aliphatic imine (C=N–C) groups is 1. The predicted molar refractivity (Wildman–Crippen MR) is 124 cm³/mol. The maximum absolute atomic E-state index is 4.59. The van der Waals surface area contributed by atoms with Crippen molar-refractivity contribution in [3.8, 4) is 0 Å². The number of likely N-dealkylation sites (tertiary alicyclic amines) is 2. The highest BCUT2D eigenvalue weighted by Gasteiger charge is 2.39. The molecule has 2 saturated heterocycles. The average molecular weight is 410 g/mol. The first kappa shape index (κ1) is 22.2. The van der Waals surface area contributed by atoms with E-state index in [-0.39, 0.29) is 0 Å². The number of guanidine groups is 1. The number of rotatable bonds is 6. The molecule has 2 heterocycles. The van der Waals surface area contributed by atoms with Crippen LogP contribution in [0.2, 0.25) is 0 Å². The predicted octanol–water partition coefficient (Wildman–Crippen LogP) is 3.17. The van der Waals surface area contributed by atoms with E-state index < -0.39 is 0 Å². The van der Waals surface area contributed by atoms with Crippen molar-refractivity contribution in [3.63, 3.8) is 0 Å². The molecule has 0 bridgehead atoms. The van der Waals surface area contributed by atoms with E-state index in [1.165, 1.54) is 89.7 Å². The fourth-order valence-electron chi connectivity index (χ4n) is 5.31. The molecule has 0 aromatic carbocycles. The quantitative estimate of drug-likeness (QED) is 0.521. The van der Waals surface area contributed by atoms with Crippen molar-refractivity contribution < 1.29 is 0 Å². The maximum Gasteiger partial charge on any atom is 0.191 e. The Morgan fingerprint density at radius 2 is 1.82 bits per heavy atom. The number of hydrogen-bond donors (Lipinski definition) is 2. The van der Waals surface area contributed by atoms with Gasteiger partial charge in [0.15, 0.2) is 5.96 Å². The fraction of sp³-hybridized carbons (Fsp3) is 0.955. The van der Waals surface area contributed by atoms with E-state index in [9.17, 15) is 0 Å². The molecule has 2 N–H and O–H groups in total. The van der Waals surface area contributed by atoms with Crippen molar-refractivity contribution in [2.75, 3.05) is 52.6 Å². The summed E-state index contributed by atoms with van der Waals surface area (Å²) in [5, 5.41) is 8.34. The van der Waals surface area contributed by atoms with Crippen LogP contribution in [0, 0.1) is 0 Å². The van der Waals surface area contributed by atoms with Crippen LogP contribution >= 0.6 is 11.8 Å². The molecule has 3 aliphatic rings. The van der Waals surface area contributed by atoms with E-state index in [4.69, 9.17) is 0 Å². The summed E-state index contributed by atoms with van der Waals surface area (Å²) >= 11 is 2.13. The van der Waals surface area contributed by atoms with E-state index in [1.807, 2.05) is 7.05 Å². The summed E-state index contributed by atoms with van der Waals surface area (Å²) in [6.07, 6.45) is 12.0. The molecule has 0 aromatic heterocycles. The van der Waals surface area contributed by atoms with E-state index in [1.54, 1.807) is 0 Å². The summed E-state index contributed by atoms with van der Waals surface area (Å²) in [7, 11) is 4.19. The van der Waals surface area contributed by atoms with Crippen LogP contribution in [0.15, 0.2) is 4.99 Å². The van der Waals surface area contributed by atoms with E-state index in [0.29, 0.717) is 11.6 Å². The Labute approximate surface area is 177 Å². The van der Waals surface area contributed by atoms with Crippen LogP contribution < -0.4 is 10.6 Å². The van der Waals surface area contributed by atoms with Crippen molar-refractivity contribution in [3.05, 3.63) is 0 Å². The van der Waals surface area contributed by atoms with E-state index in [2.05, 4.69) is 51.2 Å². The van der Waals surface area contributed by atoms with Gasteiger partial charge in [-0.2, -0.15) is 11.8 Å². The van der Waals surface area contributed by atoms with Gasteiger partial charge in [0.2, 0.25) is 0 Å². The molecule has 0 radical (unpaired) electrons. The van der Waals surface area contributed by atoms with E-state index >= 15 is 0 Å². The summed E-state index contributed by atoms with van der Waals surface area (Å²) in [5.41, 5.74) is 0.303. The van der Waals surface area contributed by atoms with Gasteiger partial charge in [0.05, 0.1) is 0 Å². The Balaban J connectivity index is 1.56. The molecule has 0 aromatic rings. The summed E-state index contributed by atoms with van der Waals surface area (Å²) in [4.78, 5) is 9.88. The number of piperidine rings is 2. The van der Waals surface area contributed by atoms with Crippen LogP contribution in [0.1, 0.15) is 64.7 Å². The molecule has 2 atom stereocenters. The van der Waals surface area contributed by atoms with Crippen molar-refractivity contribution in [2.45, 2.75) is 81.5 Å². The van der Waals surface area contributed by atoms with Gasteiger partial charge >= 0.3 is 0 Å². The molecule has 2 aliphatic heterocycles. The second kappa shape index (κ2) is 11.1. The van der Waals surface area contributed by atoms with Crippen molar-refractivity contribution in [1.29, 1.82) is 0 Å². The Hall–Kier alpha value is -0.460. The minimum absolute atomic E-state index is 0.303. The van der Waals surface area contributed by atoms with Crippen molar-refractivity contribution in [2.24, 2.45) is 4.99 Å². The van der Waals surface area contributed by atoms with Crippen molar-refractivity contribution in [1.82, 2.24) is 20.4 Å². The van der Waals surface area contributed by atoms with Crippen molar-refractivity contribution >= 4 is 17.7 Å². The highest BCUT2D eigenvalue weighted by Crippen LogP contribution is 2.31. The van der Waals surface area contributed by atoms with Gasteiger partial charge in [-0.3, -0.25) is 9.89 Å². The van der Waals surface area contributed by atoms with Gasteiger partial charge in [-0.15, -0.1) is 0 Å². The molecule has 3 fully saturated rings. The van der Waals surface area contributed by atoms with E-state index in [0.717, 1.165) is 17.8 Å². The summed E-state index contributed by atoms with van der Waals surface area (Å²) in [5.74, 6) is 2.25. The van der Waals surface area contributed by atoms with Gasteiger partial charge in [0, 0.05) is 30.4 Å². The molecule has 2 unspecified atom stereocenters. The fourth-order valence-corrected chi connectivity index (χ4v) is 6.48. The molecule has 3 rings (SSSR count). The molecule has 162 valence electrons. The third-order valence-electron chi connectivity index (χ3n) is 7.12. The molecular weight excluding hydrogens is 366 g/mol. The molecule has 0 spiro atoms. The van der Waals surface area contributed by atoms with Gasteiger partial charge in [-0.25, -0.2) is 0 Å². The Kier molecular flexibility index (Phi) is 8.79. The first-order valence-electron chi connectivity index (χ1n) is 11.7. The van der Waals surface area contributed by atoms with Crippen LogP contribution in [0.3, 0.4) is 0 Å². The number of thioether (sulfide) groups is 1. The van der Waals surface area contributed by atoms with Gasteiger partial charge in [0.1, 0.15) is 0 Å². The number of nitrogens with one attached hydrogen (secondary N) is 2. The zero-order valence-corrected chi connectivity index (χ0v) is 19.3. The van der Waals surface area contributed by atoms with Gasteiger partial charge in [-0.1, -0.05) is 19.8 Å². The lowest BCUT2D eigenvalue weighted by Gasteiger charge is -2.50. The standard InChI is InChI=1S/C22H43N5S/c1-4-28-20-10-8-9-19(17-20)25-21(23-2)24-18-22(11-15-26(3)16-12-22)27-13-6-5-7-14-27/h19-20H,4-18H2,1-3H3,(H2,23,24,25). The average Bonchev–Trinajstić information content (AvgIpc) is 2.74. The highest BCUT2D eigenvalue weighted by atomic mass is 32.2. The molecule has 0 amide bonds. The number of hydrogen-bond acceptors (Lipinski definition) is 4. The monoisotopic (exact) mass is 409 g/mol. The Bertz CT molecular complexity index is 481. The highest BCUT2D eigenvalue weighted by molar-refractivity contribution is 7.99. The largest absolute Gasteiger partial charge is 0.355 e. The molecule has 1 aliphatic carbocycles. The normalized spacial score (nSPS) is 30.2. The lowest BCUT2D eigenvalue weighted by Crippen LogP contribution is -2.62. The second-order valence-electron chi connectivity index (χ2n) is 9.09. The Morgan fingerprint density at radius 3 is 2.50 bits per heavy atom. The second-order valence-corrected chi connectivity index (χ2v) is 10.7. The molecule has 5 nitrogen and oxygen atoms in total. The van der Waals surface area contributed by atoms with Gasteiger partial charge < -0.3 is 15.5 Å². The molecule has 1 saturated carbocycles. The summed E-state index contributed by atoms with van der Waals surface area (Å²) in [6.45, 7) is 8.28. The summed E-state index contributed by atoms with van der Waals surface area (Å²) < 4.78 is 0. The minimum atomic E-state index is 0.303. The SMILES string of the molecule is CCSC1CCCC(NC(=NC)NCC2(N3CCCCC3)CCN(C)CC2)C1. The lowest BCUT2D eigenvalue weighted by atomic mass is 9.84. The van der Waals surface area contributed by atoms with Crippen LogP contribution in [0.25, 0.3) is 0 Å². The number of nitrogens with zero attached hydrogens (tertiary/aromatic N) is 3. The van der Waals surface area contributed by atoms with Crippen LogP contribution in [-0.4, -0.2) is 85.2 Å². The van der Waals surface area contributed by atoms with Crippen LogP contribution in [0.4, 0.5) is 0 Å². The van der Waals surface area contributed by atoms with Gasteiger partial charge in [-0.05, 0) is 83.9 Å². The first-order valence-corrected chi connectivity index (χ1v) is 12.7. The van der Waals surface area contributed by atoms with Crippen LogP contribution in [0.5, 0.6) is 0 Å². The van der Waals surface area contributed by atoms with Crippen LogP contribution in [-0.2, 0) is 0 Å². The zero-order chi connectivity index (χ0) is 19.8. The zero-order valence-electron chi connectivity index (χ0n) is 18.5. The maximum atomic E-state index is 4.59. The summed E-state index contributed by atoms with van der Waals surface area (Å²) in [6, 6.07) is 0.576. The third-order valence-corrected chi connectivity index (χ3v) is 8.36. The third kappa shape index (κ3) is 6.02. The topological polar surface area (TPSA) is 42.9 Å². The molecule has 6 heteroatoms.